The highest BCUT2D eigenvalue weighted by atomic mass is 19.4. The van der Waals surface area contributed by atoms with E-state index in [1.165, 1.54) is 19.2 Å². The summed E-state index contributed by atoms with van der Waals surface area (Å²) < 4.78 is 46.1. The van der Waals surface area contributed by atoms with Crippen molar-refractivity contribution in [2.75, 3.05) is 33.4 Å². The van der Waals surface area contributed by atoms with Crippen molar-refractivity contribution < 1.29 is 27.4 Å². The molecule has 1 saturated heterocycles. The highest BCUT2D eigenvalue weighted by Gasteiger charge is 2.28. The normalized spacial score (nSPS) is 16.0. The zero-order valence-corrected chi connectivity index (χ0v) is 16.1. The second-order valence-electron chi connectivity index (χ2n) is 6.50. The fourth-order valence-electron chi connectivity index (χ4n) is 2.94. The Morgan fingerprint density at radius 1 is 1.25 bits per heavy atom. The molecule has 156 valence electrons. The number of benzene rings is 1. The molecule has 0 unspecified atom stereocenters. The van der Waals surface area contributed by atoms with Crippen LogP contribution in [-0.2, 0) is 16.1 Å². The van der Waals surface area contributed by atoms with E-state index in [9.17, 15) is 18.0 Å². The van der Waals surface area contributed by atoms with Crippen LogP contribution in [0.15, 0.2) is 29.3 Å². The van der Waals surface area contributed by atoms with Gasteiger partial charge in [0, 0.05) is 19.6 Å². The molecule has 1 aromatic carbocycles. The number of nitrogens with one attached hydrogen (secondary N) is 1. The molecule has 0 aliphatic carbocycles. The van der Waals surface area contributed by atoms with Crippen LogP contribution in [0.25, 0.3) is 0 Å². The number of alkyl halides is 3. The maximum atomic E-state index is 12.2. The Hall–Kier alpha value is -2.45. The number of carbonyl (C=O) groups is 1. The zero-order valence-electron chi connectivity index (χ0n) is 16.1. The number of hydrogen-bond acceptors (Lipinski definition) is 4. The number of piperidine rings is 1. The number of aliphatic imine (C=N–C) groups is 1. The molecule has 1 aromatic rings. The van der Waals surface area contributed by atoms with Crippen LogP contribution < -0.4 is 10.1 Å². The minimum absolute atomic E-state index is 0.0756. The number of guanidine groups is 1. The molecule has 9 heteroatoms. The first-order chi connectivity index (χ1) is 13.3. The summed E-state index contributed by atoms with van der Waals surface area (Å²) in [6, 6.07) is 6.40. The number of rotatable bonds is 6. The number of carbonyl (C=O) groups excluding carboxylic acids is 1. The van der Waals surface area contributed by atoms with E-state index in [1.54, 1.807) is 12.1 Å². The van der Waals surface area contributed by atoms with Gasteiger partial charge in [0.05, 0.1) is 19.6 Å². The van der Waals surface area contributed by atoms with Gasteiger partial charge in [-0.1, -0.05) is 12.1 Å². The molecule has 1 heterocycles. The molecule has 0 bridgehead atoms. The van der Waals surface area contributed by atoms with Crippen LogP contribution in [0, 0.1) is 5.92 Å². The largest absolute Gasteiger partial charge is 0.484 e. The Morgan fingerprint density at radius 2 is 1.89 bits per heavy atom. The molecular weight excluding hydrogens is 375 g/mol. The fraction of sp³-hybridized carbons (Fsp3) is 0.579. The molecule has 0 atom stereocenters. The zero-order chi connectivity index (χ0) is 20.6. The van der Waals surface area contributed by atoms with Gasteiger partial charge < -0.3 is 19.7 Å². The SMILES string of the molecule is CCNC(=NCc1ccc(OCC(F)(F)F)cc1)N1CCC(C(=O)OC)CC1. The van der Waals surface area contributed by atoms with Gasteiger partial charge in [-0.05, 0) is 37.5 Å². The minimum atomic E-state index is -4.36. The molecule has 0 amide bonds. The Morgan fingerprint density at radius 3 is 2.43 bits per heavy atom. The number of methoxy groups -OCH3 is 1. The van der Waals surface area contributed by atoms with Crippen molar-refractivity contribution in [3.05, 3.63) is 29.8 Å². The molecule has 2 rings (SSSR count). The molecule has 1 aliphatic heterocycles. The molecule has 0 aromatic heterocycles. The number of halogens is 3. The van der Waals surface area contributed by atoms with E-state index in [4.69, 9.17) is 9.47 Å². The predicted octanol–water partition coefficient (Wildman–Crippen LogP) is 2.98. The van der Waals surface area contributed by atoms with Crippen molar-refractivity contribution in [3.63, 3.8) is 0 Å². The van der Waals surface area contributed by atoms with Crippen molar-refractivity contribution in [2.45, 2.75) is 32.5 Å². The number of likely N-dealkylation sites (tertiary alicyclic amines) is 1. The summed E-state index contributed by atoms with van der Waals surface area (Å²) in [4.78, 5) is 18.4. The van der Waals surface area contributed by atoms with Gasteiger partial charge in [-0.15, -0.1) is 0 Å². The van der Waals surface area contributed by atoms with Gasteiger partial charge in [-0.2, -0.15) is 13.2 Å². The van der Waals surface area contributed by atoms with Crippen LogP contribution in [0.3, 0.4) is 0 Å². The molecule has 28 heavy (non-hydrogen) atoms. The van der Waals surface area contributed by atoms with Crippen LogP contribution in [-0.4, -0.2) is 56.4 Å². The summed E-state index contributed by atoms with van der Waals surface area (Å²) >= 11 is 0. The second-order valence-corrected chi connectivity index (χ2v) is 6.50. The van der Waals surface area contributed by atoms with Crippen molar-refractivity contribution in [1.82, 2.24) is 10.2 Å². The number of nitrogens with zero attached hydrogens (tertiary/aromatic N) is 2. The number of ether oxygens (including phenoxy) is 2. The van der Waals surface area contributed by atoms with Gasteiger partial charge in [0.2, 0.25) is 0 Å². The third-order valence-corrected chi connectivity index (χ3v) is 4.40. The average Bonchev–Trinajstić information content (AvgIpc) is 2.69. The van der Waals surface area contributed by atoms with E-state index >= 15 is 0 Å². The Labute approximate surface area is 162 Å². The van der Waals surface area contributed by atoms with E-state index in [0.717, 1.165) is 11.5 Å². The van der Waals surface area contributed by atoms with Crippen LogP contribution in [0.4, 0.5) is 13.2 Å². The van der Waals surface area contributed by atoms with E-state index in [0.29, 0.717) is 39.0 Å². The molecule has 1 N–H and O–H groups in total. The molecule has 1 aliphatic rings. The van der Waals surface area contributed by atoms with Gasteiger partial charge in [-0.25, -0.2) is 4.99 Å². The summed E-state index contributed by atoms with van der Waals surface area (Å²) in [6.45, 7) is 3.17. The molecule has 0 saturated carbocycles. The van der Waals surface area contributed by atoms with Crippen molar-refractivity contribution >= 4 is 11.9 Å². The lowest BCUT2D eigenvalue weighted by molar-refractivity contribution is -0.153. The highest BCUT2D eigenvalue weighted by Crippen LogP contribution is 2.20. The second kappa shape index (κ2) is 10.2. The summed E-state index contributed by atoms with van der Waals surface area (Å²) in [5.74, 6) is 0.674. The van der Waals surface area contributed by atoms with E-state index in [1.807, 2.05) is 6.92 Å². The van der Waals surface area contributed by atoms with Gasteiger partial charge in [-0.3, -0.25) is 4.79 Å². The summed E-state index contributed by atoms with van der Waals surface area (Å²) in [5, 5.41) is 3.24. The monoisotopic (exact) mass is 401 g/mol. The standard InChI is InChI=1S/C19H26F3N3O3/c1-3-23-18(25-10-8-15(9-11-25)17(26)27-2)24-12-14-4-6-16(7-5-14)28-13-19(20,21)22/h4-7,15H,3,8-13H2,1-2H3,(H,23,24). The van der Waals surface area contributed by atoms with Crippen LogP contribution >= 0.6 is 0 Å². The van der Waals surface area contributed by atoms with Crippen molar-refractivity contribution in [2.24, 2.45) is 10.9 Å². The van der Waals surface area contributed by atoms with Crippen LogP contribution in [0.1, 0.15) is 25.3 Å². The summed E-state index contributed by atoms with van der Waals surface area (Å²) in [7, 11) is 1.40. The Bertz CT molecular complexity index is 655. The van der Waals surface area contributed by atoms with Crippen LogP contribution in [0.2, 0.25) is 0 Å². The first-order valence-corrected chi connectivity index (χ1v) is 9.22. The highest BCUT2D eigenvalue weighted by molar-refractivity contribution is 5.80. The average molecular weight is 401 g/mol. The number of esters is 1. The number of hydrogen-bond donors (Lipinski definition) is 1. The topological polar surface area (TPSA) is 63.2 Å². The van der Waals surface area contributed by atoms with E-state index in [-0.39, 0.29) is 17.6 Å². The van der Waals surface area contributed by atoms with Gasteiger partial charge >= 0.3 is 12.1 Å². The molecular formula is C19H26F3N3O3. The molecule has 0 radical (unpaired) electrons. The third-order valence-electron chi connectivity index (χ3n) is 4.40. The first-order valence-electron chi connectivity index (χ1n) is 9.22. The molecule has 1 fully saturated rings. The first kappa shape index (κ1) is 21.8. The predicted molar refractivity (Wildman–Crippen MR) is 99.1 cm³/mol. The molecule has 6 nitrogen and oxygen atoms in total. The minimum Gasteiger partial charge on any atom is -0.484 e. The lowest BCUT2D eigenvalue weighted by Gasteiger charge is -2.33. The van der Waals surface area contributed by atoms with Gasteiger partial charge in [0.25, 0.3) is 0 Å². The Kier molecular flexibility index (Phi) is 7.95. The smallest absolute Gasteiger partial charge is 0.422 e. The lowest BCUT2D eigenvalue weighted by Crippen LogP contribution is -2.46. The van der Waals surface area contributed by atoms with E-state index < -0.39 is 12.8 Å². The maximum Gasteiger partial charge on any atom is 0.422 e. The van der Waals surface area contributed by atoms with Crippen LogP contribution in [0.5, 0.6) is 5.75 Å². The lowest BCUT2D eigenvalue weighted by atomic mass is 9.97. The fourth-order valence-corrected chi connectivity index (χ4v) is 2.94. The molecule has 0 spiro atoms. The van der Waals surface area contributed by atoms with Crippen molar-refractivity contribution in [1.29, 1.82) is 0 Å². The van der Waals surface area contributed by atoms with Gasteiger partial charge in [0.15, 0.2) is 12.6 Å². The summed E-state index contributed by atoms with van der Waals surface area (Å²) in [5.41, 5.74) is 0.860. The van der Waals surface area contributed by atoms with Crippen molar-refractivity contribution in [3.8, 4) is 5.75 Å². The maximum absolute atomic E-state index is 12.2. The summed E-state index contributed by atoms with van der Waals surface area (Å²) in [6.07, 6.45) is -2.93. The van der Waals surface area contributed by atoms with E-state index in [2.05, 4.69) is 15.2 Å². The third kappa shape index (κ3) is 6.94. The quantitative estimate of drug-likeness (QED) is 0.451. The van der Waals surface area contributed by atoms with Gasteiger partial charge in [0.1, 0.15) is 5.75 Å². The Balaban J connectivity index is 1.92.